The van der Waals surface area contributed by atoms with Gasteiger partial charge in [-0.05, 0) is 18.3 Å². The minimum atomic E-state index is -0.488. The summed E-state index contributed by atoms with van der Waals surface area (Å²) in [5, 5.41) is 2.43. The topological polar surface area (TPSA) is 75.7 Å². The summed E-state index contributed by atoms with van der Waals surface area (Å²) in [5.41, 5.74) is 0. The summed E-state index contributed by atoms with van der Waals surface area (Å²) in [7, 11) is 0. The number of hydrogen-bond acceptors (Lipinski definition) is 4. The largest absolute Gasteiger partial charge is 0.455 e. The van der Waals surface area contributed by atoms with E-state index in [-0.39, 0.29) is 31.5 Å². The van der Waals surface area contributed by atoms with E-state index in [1.54, 1.807) is 0 Å². The van der Waals surface area contributed by atoms with Crippen molar-refractivity contribution in [2.24, 2.45) is 17.8 Å². The number of amides is 2. The smallest absolute Gasteiger partial charge is 0.311 e. The first-order chi connectivity index (χ1) is 11.4. The summed E-state index contributed by atoms with van der Waals surface area (Å²) in [6.45, 7) is 4.54. The molecule has 2 fully saturated rings. The van der Waals surface area contributed by atoms with Crippen molar-refractivity contribution >= 4 is 17.8 Å². The van der Waals surface area contributed by atoms with Gasteiger partial charge < -0.3 is 15.0 Å². The average molecular weight is 334 g/mol. The van der Waals surface area contributed by atoms with E-state index in [2.05, 4.69) is 25.1 Å². The van der Waals surface area contributed by atoms with Gasteiger partial charge in [-0.1, -0.05) is 32.6 Å². The van der Waals surface area contributed by atoms with Crippen LogP contribution < -0.4 is 5.32 Å². The Balaban J connectivity index is 1.86. The molecule has 0 radical (unpaired) electrons. The van der Waals surface area contributed by atoms with Crippen LogP contribution in [0.5, 0.6) is 0 Å². The minimum Gasteiger partial charge on any atom is -0.455 e. The summed E-state index contributed by atoms with van der Waals surface area (Å²) in [4.78, 5) is 37.7. The van der Waals surface area contributed by atoms with Crippen LogP contribution in [0, 0.1) is 30.1 Å². The van der Waals surface area contributed by atoms with Crippen molar-refractivity contribution in [1.82, 2.24) is 10.2 Å². The average Bonchev–Trinajstić information content (AvgIpc) is 2.95. The fraction of sp³-hybridized carbons (Fsp3) is 0.722. The van der Waals surface area contributed by atoms with Gasteiger partial charge in [0.05, 0.1) is 12.5 Å². The van der Waals surface area contributed by atoms with Gasteiger partial charge in [-0.15, -0.1) is 6.42 Å². The van der Waals surface area contributed by atoms with E-state index in [9.17, 15) is 14.4 Å². The Hall–Kier alpha value is -2.03. The normalized spacial score (nSPS) is 29.9. The number of hydrogen-bond donors (Lipinski definition) is 1. The van der Waals surface area contributed by atoms with Crippen molar-refractivity contribution in [3.63, 3.8) is 0 Å². The molecule has 2 rings (SSSR count). The molecule has 6 heteroatoms. The molecule has 0 spiro atoms. The molecule has 6 nitrogen and oxygen atoms in total. The fourth-order valence-corrected chi connectivity index (χ4v) is 3.66. The molecule has 0 aromatic heterocycles. The second kappa shape index (κ2) is 8.18. The Morgan fingerprint density at radius 1 is 1.38 bits per heavy atom. The van der Waals surface area contributed by atoms with Crippen LogP contribution in [-0.4, -0.2) is 48.4 Å². The van der Waals surface area contributed by atoms with E-state index >= 15 is 0 Å². The van der Waals surface area contributed by atoms with E-state index in [4.69, 9.17) is 11.2 Å². The van der Waals surface area contributed by atoms with Gasteiger partial charge in [-0.3, -0.25) is 14.4 Å². The molecule has 0 bridgehead atoms. The van der Waals surface area contributed by atoms with Crippen molar-refractivity contribution < 1.29 is 19.1 Å². The molecule has 1 aliphatic carbocycles. The van der Waals surface area contributed by atoms with Gasteiger partial charge in [0.2, 0.25) is 5.91 Å². The summed E-state index contributed by atoms with van der Waals surface area (Å²) >= 11 is 0. The first-order valence-corrected chi connectivity index (χ1v) is 8.60. The molecular weight excluding hydrogens is 308 g/mol. The van der Waals surface area contributed by atoms with Crippen LogP contribution in [0.1, 0.15) is 39.5 Å². The van der Waals surface area contributed by atoms with Crippen molar-refractivity contribution in [2.75, 3.05) is 19.7 Å². The molecular formula is C18H26N2O4. The number of likely N-dealkylation sites (tertiary alicyclic amines) is 1. The van der Waals surface area contributed by atoms with Crippen LogP contribution in [0.3, 0.4) is 0 Å². The van der Waals surface area contributed by atoms with Gasteiger partial charge in [0.1, 0.15) is 0 Å². The van der Waals surface area contributed by atoms with Crippen LogP contribution >= 0.6 is 0 Å². The van der Waals surface area contributed by atoms with Gasteiger partial charge in [0.15, 0.2) is 6.61 Å². The predicted molar refractivity (Wildman–Crippen MR) is 88.6 cm³/mol. The lowest BCUT2D eigenvalue weighted by Crippen LogP contribution is -2.45. The highest BCUT2D eigenvalue weighted by atomic mass is 16.5. The third kappa shape index (κ3) is 4.28. The Bertz CT molecular complexity index is 540. The molecule has 0 aromatic rings. The molecule has 1 heterocycles. The van der Waals surface area contributed by atoms with Gasteiger partial charge in [-0.25, -0.2) is 0 Å². The maximum Gasteiger partial charge on any atom is 0.311 e. The Labute approximate surface area is 143 Å². The highest BCUT2D eigenvalue weighted by Crippen LogP contribution is 2.35. The van der Waals surface area contributed by atoms with Gasteiger partial charge in [-0.2, -0.15) is 0 Å². The van der Waals surface area contributed by atoms with Gasteiger partial charge in [0, 0.05) is 19.0 Å². The van der Waals surface area contributed by atoms with Crippen molar-refractivity contribution in [3.8, 4) is 12.3 Å². The molecule has 4 atom stereocenters. The molecule has 1 N–H and O–H groups in total. The second-order valence-corrected chi connectivity index (χ2v) is 6.87. The zero-order valence-electron chi connectivity index (χ0n) is 14.4. The number of ether oxygens (including phenoxy) is 1. The maximum absolute atomic E-state index is 12.3. The zero-order valence-corrected chi connectivity index (χ0v) is 14.4. The lowest BCUT2D eigenvalue weighted by atomic mass is 9.77. The van der Waals surface area contributed by atoms with E-state index < -0.39 is 17.8 Å². The van der Waals surface area contributed by atoms with Gasteiger partial charge in [0.25, 0.3) is 5.91 Å². The third-order valence-electron chi connectivity index (χ3n) is 5.29. The molecule has 0 unspecified atom stereocenters. The van der Waals surface area contributed by atoms with Crippen LogP contribution in [0.2, 0.25) is 0 Å². The molecule has 1 aliphatic heterocycles. The number of rotatable bonds is 5. The summed E-state index contributed by atoms with van der Waals surface area (Å²) in [6.07, 6.45) is 8.51. The first-order valence-electron chi connectivity index (χ1n) is 8.60. The molecule has 1 saturated carbocycles. The number of nitrogens with one attached hydrogen (secondary N) is 1. The summed E-state index contributed by atoms with van der Waals surface area (Å²) in [6, 6.07) is 0.206. The molecule has 24 heavy (non-hydrogen) atoms. The van der Waals surface area contributed by atoms with E-state index in [0.29, 0.717) is 18.4 Å². The monoisotopic (exact) mass is 334 g/mol. The predicted octanol–water partition coefficient (Wildman–Crippen LogP) is 0.952. The lowest BCUT2D eigenvalue weighted by Gasteiger charge is -2.39. The first kappa shape index (κ1) is 18.3. The van der Waals surface area contributed by atoms with Crippen LogP contribution in [0.25, 0.3) is 0 Å². The number of esters is 1. The molecule has 2 aliphatic rings. The Kier molecular flexibility index (Phi) is 6.24. The number of carbonyl (C=O) groups is 3. The van der Waals surface area contributed by atoms with Gasteiger partial charge >= 0.3 is 5.97 Å². The standard InChI is InChI=1S/C18H26N2O4/c1-4-8-19-16(21)11-24-18(23)14-9-17(22)20(10-14)15-7-5-6-12(2)13(15)3/h1,12-15H,5-11H2,2-3H3,(H,19,21)/t12-,13+,14+,15+/m0/s1. The summed E-state index contributed by atoms with van der Waals surface area (Å²) in [5.74, 6) is 1.90. The number of nitrogens with zero attached hydrogens (tertiary/aromatic N) is 1. The van der Waals surface area contributed by atoms with Crippen molar-refractivity contribution in [2.45, 2.75) is 45.6 Å². The SMILES string of the molecule is C#CCNC(=O)COC(=O)[C@@H]1CC(=O)N([C@@H]2CCC[C@H](C)[C@H]2C)C1. The number of terminal acetylenes is 1. The molecule has 0 aromatic carbocycles. The van der Waals surface area contributed by atoms with Crippen LogP contribution in [0.15, 0.2) is 0 Å². The Morgan fingerprint density at radius 3 is 2.83 bits per heavy atom. The second-order valence-electron chi connectivity index (χ2n) is 6.87. The third-order valence-corrected chi connectivity index (χ3v) is 5.29. The fourth-order valence-electron chi connectivity index (χ4n) is 3.66. The van der Waals surface area contributed by atoms with E-state index in [1.807, 2.05) is 4.90 Å². The van der Waals surface area contributed by atoms with Crippen LogP contribution in [-0.2, 0) is 19.1 Å². The van der Waals surface area contributed by atoms with Crippen LogP contribution in [0.4, 0.5) is 0 Å². The molecule has 2 amide bonds. The number of carbonyl (C=O) groups excluding carboxylic acids is 3. The Morgan fingerprint density at radius 2 is 2.12 bits per heavy atom. The maximum atomic E-state index is 12.3. The highest BCUT2D eigenvalue weighted by molar-refractivity contribution is 5.88. The zero-order chi connectivity index (χ0) is 17.7. The molecule has 1 saturated heterocycles. The minimum absolute atomic E-state index is 0.0136. The van der Waals surface area contributed by atoms with E-state index in [0.717, 1.165) is 12.8 Å². The van der Waals surface area contributed by atoms with E-state index in [1.165, 1.54) is 6.42 Å². The van der Waals surface area contributed by atoms with Crippen molar-refractivity contribution in [3.05, 3.63) is 0 Å². The summed E-state index contributed by atoms with van der Waals surface area (Å²) < 4.78 is 5.02. The molecule has 132 valence electrons. The quantitative estimate of drug-likeness (QED) is 0.600. The van der Waals surface area contributed by atoms with Crippen molar-refractivity contribution in [1.29, 1.82) is 0 Å². The highest BCUT2D eigenvalue weighted by Gasteiger charge is 2.42. The lowest BCUT2D eigenvalue weighted by molar-refractivity contribution is -0.152.